The van der Waals surface area contributed by atoms with Gasteiger partial charge in [-0.05, 0) is 0 Å². The fraction of sp³-hybridized carbons (Fsp3) is 0.625. The lowest BCUT2D eigenvalue weighted by atomic mass is 10.7. The van der Waals surface area contributed by atoms with Gasteiger partial charge in [0.05, 0.1) is 6.20 Å². The third-order valence-corrected chi connectivity index (χ3v) is 4.03. The molecule has 80 valence electrons. The van der Waals surface area contributed by atoms with E-state index in [1.54, 1.807) is 7.05 Å². The molecule has 0 atom stereocenters. The van der Waals surface area contributed by atoms with Gasteiger partial charge in [-0.2, -0.15) is 9.40 Å². The molecule has 0 saturated heterocycles. The van der Waals surface area contributed by atoms with E-state index in [2.05, 4.69) is 5.10 Å². The summed E-state index contributed by atoms with van der Waals surface area (Å²) in [5, 5.41) is 3.84. The first-order valence-electron chi connectivity index (χ1n) is 4.51. The Bertz CT molecular complexity index is 392. The van der Waals surface area contributed by atoms with Gasteiger partial charge in [0.15, 0.2) is 0 Å². The topological polar surface area (TPSA) is 55.2 Å². The monoisotopic (exact) mass is 217 g/mol. The van der Waals surface area contributed by atoms with Gasteiger partial charge in [0.25, 0.3) is 0 Å². The second kappa shape index (κ2) is 4.10. The number of aryl methyl sites for hydroxylation is 1. The average molecular weight is 217 g/mol. The normalized spacial score (nSPS) is 12.3. The molecule has 0 fully saturated rings. The zero-order valence-electron chi connectivity index (χ0n) is 8.64. The van der Waals surface area contributed by atoms with Crippen LogP contribution in [0.1, 0.15) is 13.8 Å². The van der Waals surface area contributed by atoms with Crippen LogP contribution >= 0.6 is 0 Å². The van der Waals surface area contributed by atoms with Gasteiger partial charge in [-0.15, -0.1) is 0 Å². The molecule has 0 saturated carbocycles. The van der Waals surface area contributed by atoms with Crippen LogP contribution < -0.4 is 0 Å². The molecule has 14 heavy (non-hydrogen) atoms. The molecule has 0 bridgehead atoms. The van der Waals surface area contributed by atoms with E-state index >= 15 is 0 Å². The zero-order valence-corrected chi connectivity index (χ0v) is 9.45. The number of rotatable bonds is 4. The van der Waals surface area contributed by atoms with Crippen molar-refractivity contribution in [2.24, 2.45) is 7.05 Å². The SMILES string of the molecule is CCN(CC)S(=O)(=O)c1cnn(C)c1. The molecule has 0 aliphatic rings. The lowest BCUT2D eigenvalue weighted by Crippen LogP contribution is -2.30. The molecule has 5 nitrogen and oxygen atoms in total. The first-order chi connectivity index (χ1) is 6.52. The Morgan fingerprint density at radius 3 is 2.36 bits per heavy atom. The number of sulfonamides is 1. The smallest absolute Gasteiger partial charge is 0.246 e. The lowest BCUT2D eigenvalue weighted by molar-refractivity contribution is 0.445. The molecular formula is C8H15N3O2S. The molecule has 1 rings (SSSR count). The molecule has 6 heteroatoms. The Hall–Kier alpha value is -0.880. The van der Waals surface area contributed by atoms with Crippen molar-refractivity contribution in [3.8, 4) is 0 Å². The van der Waals surface area contributed by atoms with Gasteiger partial charge in [-0.3, -0.25) is 4.68 Å². The van der Waals surface area contributed by atoms with E-state index in [0.717, 1.165) is 0 Å². The second-order valence-electron chi connectivity index (χ2n) is 2.94. The highest BCUT2D eigenvalue weighted by atomic mass is 32.2. The van der Waals surface area contributed by atoms with Crippen LogP contribution in [0.15, 0.2) is 17.3 Å². The highest BCUT2D eigenvalue weighted by Gasteiger charge is 2.22. The van der Waals surface area contributed by atoms with Gasteiger partial charge in [-0.1, -0.05) is 13.8 Å². The molecule has 0 N–H and O–H groups in total. The first-order valence-corrected chi connectivity index (χ1v) is 5.95. The summed E-state index contributed by atoms with van der Waals surface area (Å²) in [7, 11) is -1.63. The Kier molecular flexibility index (Phi) is 3.28. The van der Waals surface area contributed by atoms with Crippen molar-refractivity contribution < 1.29 is 8.42 Å². The van der Waals surface area contributed by atoms with Crippen LogP contribution in [-0.2, 0) is 17.1 Å². The molecule has 0 unspecified atom stereocenters. The van der Waals surface area contributed by atoms with E-state index in [0.29, 0.717) is 13.1 Å². The Morgan fingerprint density at radius 1 is 1.43 bits per heavy atom. The number of hydrogen-bond donors (Lipinski definition) is 0. The summed E-state index contributed by atoms with van der Waals surface area (Å²) in [6.07, 6.45) is 2.88. The van der Waals surface area contributed by atoms with Crippen LogP contribution in [0.4, 0.5) is 0 Å². The van der Waals surface area contributed by atoms with E-state index in [4.69, 9.17) is 0 Å². The van der Waals surface area contributed by atoms with Crippen LogP contribution in [0.3, 0.4) is 0 Å². The summed E-state index contributed by atoms with van der Waals surface area (Å²) in [5.41, 5.74) is 0. The minimum Gasteiger partial charge on any atom is -0.274 e. The van der Waals surface area contributed by atoms with Crippen molar-refractivity contribution in [3.05, 3.63) is 12.4 Å². The summed E-state index contributed by atoms with van der Waals surface area (Å²) in [6.45, 7) is 4.59. The van der Waals surface area contributed by atoms with E-state index in [1.165, 1.54) is 21.4 Å². The Morgan fingerprint density at radius 2 is 2.00 bits per heavy atom. The van der Waals surface area contributed by atoms with Crippen LogP contribution in [-0.4, -0.2) is 35.6 Å². The van der Waals surface area contributed by atoms with Crippen LogP contribution in [0, 0.1) is 0 Å². The maximum Gasteiger partial charge on any atom is 0.246 e. The fourth-order valence-electron chi connectivity index (χ4n) is 1.24. The number of aromatic nitrogens is 2. The molecular weight excluding hydrogens is 202 g/mol. The van der Waals surface area contributed by atoms with E-state index in [9.17, 15) is 8.42 Å². The minimum absolute atomic E-state index is 0.253. The van der Waals surface area contributed by atoms with Gasteiger partial charge in [0.2, 0.25) is 10.0 Å². The standard InChI is InChI=1S/C8H15N3O2S/c1-4-11(5-2)14(12,13)8-6-9-10(3)7-8/h6-7H,4-5H2,1-3H3. The molecule has 0 amide bonds. The van der Waals surface area contributed by atoms with Crippen molar-refractivity contribution >= 4 is 10.0 Å². The third kappa shape index (κ3) is 1.96. The van der Waals surface area contributed by atoms with Crippen molar-refractivity contribution in [3.63, 3.8) is 0 Å². The maximum atomic E-state index is 11.9. The summed E-state index contributed by atoms with van der Waals surface area (Å²) in [5.74, 6) is 0. The van der Waals surface area contributed by atoms with Crippen molar-refractivity contribution in [1.82, 2.24) is 14.1 Å². The lowest BCUT2D eigenvalue weighted by Gasteiger charge is -2.16. The molecule has 0 aliphatic heterocycles. The summed E-state index contributed by atoms with van der Waals surface area (Å²) in [4.78, 5) is 0.253. The first kappa shape index (κ1) is 11.2. The molecule has 0 radical (unpaired) electrons. The number of nitrogens with zero attached hydrogens (tertiary/aromatic N) is 3. The maximum absolute atomic E-state index is 11.9. The third-order valence-electron chi connectivity index (χ3n) is 2.02. The largest absolute Gasteiger partial charge is 0.274 e. The van der Waals surface area contributed by atoms with Crippen molar-refractivity contribution in [2.75, 3.05) is 13.1 Å². The molecule has 1 aromatic rings. The van der Waals surface area contributed by atoms with Crippen molar-refractivity contribution in [2.45, 2.75) is 18.7 Å². The van der Waals surface area contributed by atoms with Gasteiger partial charge in [0, 0.05) is 26.3 Å². The van der Waals surface area contributed by atoms with Gasteiger partial charge in [-0.25, -0.2) is 8.42 Å². The molecule has 0 spiro atoms. The summed E-state index contributed by atoms with van der Waals surface area (Å²) in [6, 6.07) is 0. The molecule has 1 aromatic heterocycles. The van der Waals surface area contributed by atoms with E-state index in [-0.39, 0.29) is 4.90 Å². The van der Waals surface area contributed by atoms with Gasteiger partial charge in [0.1, 0.15) is 4.90 Å². The van der Waals surface area contributed by atoms with Gasteiger partial charge < -0.3 is 0 Å². The Labute approximate surface area is 84.4 Å². The molecule has 0 aromatic carbocycles. The second-order valence-corrected chi connectivity index (χ2v) is 4.88. The van der Waals surface area contributed by atoms with Crippen LogP contribution in [0.2, 0.25) is 0 Å². The van der Waals surface area contributed by atoms with Crippen LogP contribution in [0.5, 0.6) is 0 Å². The fourth-order valence-corrected chi connectivity index (χ4v) is 2.69. The van der Waals surface area contributed by atoms with E-state index in [1.807, 2.05) is 13.8 Å². The van der Waals surface area contributed by atoms with Gasteiger partial charge >= 0.3 is 0 Å². The summed E-state index contributed by atoms with van der Waals surface area (Å²) < 4.78 is 26.7. The molecule has 1 heterocycles. The van der Waals surface area contributed by atoms with E-state index < -0.39 is 10.0 Å². The number of hydrogen-bond acceptors (Lipinski definition) is 3. The minimum atomic E-state index is -3.33. The van der Waals surface area contributed by atoms with Crippen LogP contribution in [0.25, 0.3) is 0 Å². The predicted molar refractivity (Wildman–Crippen MR) is 53.3 cm³/mol. The Balaban J connectivity index is 3.07. The predicted octanol–water partition coefficient (Wildman–Crippen LogP) is 0.451. The molecule has 0 aliphatic carbocycles. The highest BCUT2D eigenvalue weighted by molar-refractivity contribution is 7.89. The average Bonchev–Trinajstić information content (AvgIpc) is 2.54. The summed E-state index contributed by atoms with van der Waals surface area (Å²) >= 11 is 0. The van der Waals surface area contributed by atoms with Crippen molar-refractivity contribution in [1.29, 1.82) is 0 Å². The zero-order chi connectivity index (χ0) is 10.8. The highest BCUT2D eigenvalue weighted by Crippen LogP contribution is 2.13. The quantitative estimate of drug-likeness (QED) is 0.736.